The van der Waals surface area contributed by atoms with E-state index < -0.39 is 0 Å². The minimum absolute atomic E-state index is 0.245. The van der Waals surface area contributed by atoms with Gasteiger partial charge in [-0.05, 0) is 32.9 Å². The fourth-order valence-corrected chi connectivity index (χ4v) is 3.22. The molecule has 0 bridgehead atoms. The van der Waals surface area contributed by atoms with E-state index in [1.807, 2.05) is 0 Å². The molecule has 1 saturated carbocycles. The van der Waals surface area contributed by atoms with Gasteiger partial charge in [0, 0.05) is 33.7 Å². The van der Waals surface area contributed by atoms with Gasteiger partial charge in [-0.1, -0.05) is 19.8 Å². The molecule has 0 spiro atoms. The molecule has 0 heterocycles. The first-order valence-corrected chi connectivity index (χ1v) is 7.35. The van der Waals surface area contributed by atoms with Crippen LogP contribution in [0.4, 0.5) is 0 Å². The molecule has 0 aromatic rings. The summed E-state index contributed by atoms with van der Waals surface area (Å²) in [5, 5.41) is 0. The standard InChI is InChI=1S/C15H32N4/c1-13-9-8-10-15(11-13,19(6)7)12-16-14(17(2)3)18(4)5/h13H,8-12H2,1-7H3. The fraction of sp³-hybridized carbons (Fsp3) is 0.933. The van der Waals surface area contributed by atoms with Gasteiger partial charge in [0.25, 0.3) is 0 Å². The lowest BCUT2D eigenvalue weighted by molar-refractivity contribution is 0.0841. The molecule has 112 valence electrons. The van der Waals surface area contributed by atoms with Crippen LogP contribution in [0.1, 0.15) is 32.6 Å². The van der Waals surface area contributed by atoms with Crippen LogP contribution in [0.2, 0.25) is 0 Å². The zero-order chi connectivity index (χ0) is 14.6. The second kappa shape index (κ2) is 6.60. The number of hydrogen-bond acceptors (Lipinski definition) is 2. The molecule has 0 saturated heterocycles. The van der Waals surface area contributed by atoms with Crippen molar-refractivity contribution in [1.82, 2.24) is 14.7 Å². The molecule has 1 aliphatic carbocycles. The third-order valence-corrected chi connectivity index (χ3v) is 4.33. The molecule has 1 fully saturated rings. The Bertz CT molecular complexity index is 299. The normalized spacial score (nSPS) is 27.3. The highest BCUT2D eigenvalue weighted by atomic mass is 15.3. The van der Waals surface area contributed by atoms with Crippen molar-refractivity contribution >= 4 is 5.96 Å². The van der Waals surface area contributed by atoms with Crippen LogP contribution in [-0.4, -0.2) is 75.0 Å². The molecule has 4 heteroatoms. The van der Waals surface area contributed by atoms with Gasteiger partial charge >= 0.3 is 0 Å². The van der Waals surface area contributed by atoms with Gasteiger partial charge in [0.1, 0.15) is 0 Å². The maximum absolute atomic E-state index is 4.90. The van der Waals surface area contributed by atoms with Gasteiger partial charge < -0.3 is 14.7 Å². The molecule has 4 nitrogen and oxygen atoms in total. The minimum atomic E-state index is 0.245. The third kappa shape index (κ3) is 4.10. The Morgan fingerprint density at radius 2 is 1.68 bits per heavy atom. The maximum Gasteiger partial charge on any atom is 0.195 e. The van der Waals surface area contributed by atoms with Crippen molar-refractivity contribution in [3.63, 3.8) is 0 Å². The van der Waals surface area contributed by atoms with E-state index in [0.717, 1.165) is 18.4 Å². The molecule has 0 aromatic carbocycles. The maximum atomic E-state index is 4.90. The molecule has 19 heavy (non-hydrogen) atoms. The summed E-state index contributed by atoms with van der Waals surface area (Å²) in [4.78, 5) is 11.5. The van der Waals surface area contributed by atoms with Crippen molar-refractivity contribution in [3.8, 4) is 0 Å². The molecule has 2 unspecified atom stereocenters. The molecule has 1 rings (SSSR count). The van der Waals surface area contributed by atoms with Crippen LogP contribution >= 0.6 is 0 Å². The van der Waals surface area contributed by atoms with Crippen LogP contribution in [0.15, 0.2) is 4.99 Å². The molecular formula is C15H32N4. The summed E-state index contributed by atoms with van der Waals surface area (Å²) in [6.45, 7) is 3.27. The van der Waals surface area contributed by atoms with E-state index in [1.54, 1.807) is 0 Å². The van der Waals surface area contributed by atoms with E-state index in [-0.39, 0.29) is 5.54 Å². The average Bonchev–Trinajstić information content (AvgIpc) is 2.27. The molecule has 0 aromatic heterocycles. The predicted molar refractivity (Wildman–Crippen MR) is 83.7 cm³/mol. The third-order valence-electron chi connectivity index (χ3n) is 4.33. The summed E-state index contributed by atoms with van der Waals surface area (Å²) in [5.74, 6) is 1.87. The monoisotopic (exact) mass is 268 g/mol. The van der Waals surface area contributed by atoms with Gasteiger partial charge in [-0.2, -0.15) is 0 Å². The Hall–Kier alpha value is -0.770. The average molecular weight is 268 g/mol. The first kappa shape index (κ1) is 16.3. The highest BCUT2D eigenvalue weighted by Crippen LogP contribution is 2.35. The van der Waals surface area contributed by atoms with Crippen LogP contribution < -0.4 is 0 Å². The first-order valence-electron chi connectivity index (χ1n) is 7.35. The largest absolute Gasteiger partial charge is 0.349 e. The van der Waals surface area contributed by atoms with Crippen molar-refractivity contribution in [2.75, 3.05) is 48.8 Å². The van der Waals surface area contributed by atoms with Gasteiger partial charge in [-0.15, -0.1) is 0 Å². The first-order chi connectivity index (χ1) is 8.78. The summed E-state index contributed by atoms with van der Waals surface area (Å²) in [5.41, 5.74) is 0.245. The minimum Gasteiger partial charge on any atom is -0.349 e. The van der Waals surface area contributed by atoms with Gasteiger partial charge in [0.15, 0.2) is 5.96 Å². The van der Waals surface area contributed by atoms with E-state index in [9.17, 15) is 0 Å². The Labute approximate surface area is 119 Å². The molecule has 2 atom stereocenters. The number of nitrogens with zero attached hydrogens (tertiary/aromatic N) is 4. The van der Waals surface area contributed by atoms with Crippen LogP contribution in [0.5, 0.6) is 0 Å². The lowest BCUT2D eigenvalue weighted by Crippen LogP contribution is -2.50. The van der Waals surface area contributed by atoms with Gasteiger partial charge in [0.05, 0.1) is 6.54 Å². The fourth-order valence-electron chi connectivity index (χ4n) is 3.22. The molecule has 0 N–H and O–H groups in total. The summed E-state index contributed by atoms with van der Waals surface area (Å²) < 4.78 is 0. The second-order valence-corrected chi connectivity index (χ2v) is 6.73. The topological polar surface area (TPSA) is 22.1 Å². The Morgan fingerprint density at radius 3 is 2.11 bits per heavy atom. The van der Waals surface area contributed by atoms with Crippen LogP contribution in [-0.2, 0) is 0 Å². The van der Waals surface area contributed by atoms with E-state index in [1.165, 1.54) is 25.7 Å². The zero-order valence-electron chi connectivity index (χ0n) is 13.9. The Morgan fingerprint density at radius 1 is 1.11 bits per heavy atom. The highest BCUT2D eigenvalue weighted by Gasteiger charge is 2.36. The lowest BCUT2D eigenvalue weighted by atomic mass is 9.75. The van der Waals surface area contributed by atoms with E-state index in [0.29, 0.717) is 0 Å². The quantitative estimate of drug-likeness (QED) is 0.577. The number of rotatable bonds is 3. The van der Waals surface area contributed by atoms with Gasteiger partial charge in [-0.25, -0.2) is 0 Å². The van der Waals surface area contributed by atoms with Crippen molar-refractivity contribution in [2.45, 2.75) is 38.1 Å². The zero-order valence-corrected chi connectivity index (χ0v) is 13.9. The summed E-state index contributed by atoms with van der Waals surface area (Å²) in [6.07, 6.45) is 5.22. The Kier molecular flexibility index (Phi) is 5.65. The van der Waals surface area contributed by atoms with E-state index in [4.69, 9.17) is 4.99 Å². The van der Waals surface area contributed by atoms with Crippen molar-refractivity contribution in [3.05, 3.63) is 0 Å². The van der Waals surface area contributed by atoms with Crippen LogP contribution in [0, 0.1) is 5.92 Å². The Balaban J connectivity index is 2.87. The van der Waals surface area contributed by atoms with Crippen molar-refractivity contribution in [1.29, 1.82) is 0 Å². The SMILES string of the molecule is CC1CCCC(CN=C(N(C)C)N(C)C)(N(C)C)C1. The smallest absolute Gasteiger partial charge is 0.195 e. The predicted octanol–water partition coefficient (Wildman–Crippen LogP) is 1.98. The van der Waals surface area contributed by atoms with Gasteiger partial charge in [-0.3, -0.25) is 4.99 Å². The van der Waals surface area contributed by atoms with E-state index in [2.05, 4.69) is 63.9 Å². The molecular weight excluding hydrogens is 236 g/mol. The molecule has 0 amide bonds. The van der Waals surface area contributed by atoms with Gasteiger partial charge in [0.2, 0.25) is 0 Å². The lowest BCUT2D eigenvalue weighted by Gasteiger charge is -2.44. The van der Waals surface area contributed by atoms with E-state index >= 15 is 0 Å². The number of guanidine groups is 1. The molecule has 1 aliphatic rings. The summed E-state index contributed by atoms with van der Waals surface area (Å²) in [7, 11) is 12.7. The second-order valence-electron chi connectivity index (χ2n) is 6.73. The van der Waals surface area contributed by atoms with Crippen LogP contribution in [0.25, 0.3) is 0 Å². The van der Waals surface area contributed by atoms with Crippen LogP contribution in [0.3, 0.4) is 0 Å². The number of likely N-dealkylation sites (N-methyl/N-ethyl adjacent to an activating group) is 1. The number of aliphatic imine (C=N–C) groups is 1. The van der Waals surface area contributed by atoms with Crippen molar-refractivity contribution < 1.29 is 0 Å². The molecule has 0 aliphatic heterocycles. The summed E-state index contributed by atoms with van der Waals surface area (Å²) >= 11 is 0. The molecule has 0 radical (unpaired) electrons. The summed E-state index contributed by atoms with van der Waals surface area (Å²) in [6, 6.07) is 0. The highest BCUT2D eigenvalue weighted by molar-refractivity contribution is 5.79. The number of hydrogen-bond donors (Lipinski definition) is 0. The van der Waals surface area contributed by atoms with Crippen molar-refractivity contribution in [2.24, 2.45) is 10.9 Å².